The van der Waals surface area contributed by atoms with Gasteiger partial charge in [0.15, 0.2) is 0 Å². The summed E-state index contributed by atoms with van der Waals surface area (Å²) in [7, 11) is 4.83. The van der Waals surface area contributed by atoms with E-state index in [0.29, 0.717) is 11.3 Å². The molecule has 0 fully saturated rings. The number of hydrogen-bond donors (Lipinski definition) is 1. The fraction of sp³-hybridized carbons (Fsp3) is 0.231. The molecule has 0 aromatic heterocycles. The van der Waals surface area contributed by atoms with Crippen molar-refractivity contribution in [3.63, 3.8) is 0 Å². The number of carbonyl (C=O) groups is 2. The molecule has 0 amide bonds. The highest BCUT2D eigenvalue weighted by Gasteiger charge is 2.19. The lowest BCUT2D eigenvalue weighted by Gasteiger charge is -2.08. The van der Waals surface area contributed by atoms with E-state index >= 15 is 0 Å². The molecule has 96 valence electrons. The maximum Gasteiger partial charge on any atom is 0.341 e. The Morgan fingerprint density at radius 1 is 1.22 bits per heavy atom. The number of rotatable bonds is 5. The molecule has 1 aromatic rings. The zero-order chi connectivity index (χ0) is 13.7. The van der Waals surface area contributed by atoms with Gasteiger partial charge in [-0.2, -0.15) is 0 Å². The number of methoxy groups -OCH3 is 1. The highest BCUT2D eigenvalue weighted by molar-refractivity contribution is 6.23. The molecule has 0 unspecified atom stereocenters. The highest BCUT2D eigenvalue weighted by atomic mass is 16.5. The summed E-state index contributed by atoms with van der Waals surface area (Å²) < 4.78 is 4.97. The van der Waals surface area contributed by atoms with Crippen LogP contribution in [0.15, 0.2) is 36.0 Å². The Kier molecular flexibility index (Phi) is 4.48. The molecule has 1 N–H and O–H groups in total. The second kappa shape index (κ2) is 5.86. The lowest BCUT2D eigenvalue weighted by molar-refractivity contribution is -0.132. The number of ketones is 1. The first-order chi connectivity index (χ1) is 8.45. The Morgan fingerprint density at radius 2 is 1.78 bits per heavy atom. The van der Waals surface area contributed by atoms with Gasteiger partial charge in [0.1, 0.15) is 11.3 Å². The van der Waals surface area contributed by atoms with Gasteiger partial charge in [-0.1, -0.05) is 0 Å². The van der Waals surface area contributed by atoms with Gasteiger partial charge in [-0.3, -0.25) is 4.79 Å². The molecule has 1 aromatic carbocycles. The van der Waals surface area contributed by atoms with Crippen LogP contribution in [-0.2, 0) is 4.79 Å². The van der Waals surface area contributed by atoms with Crippen molar-refractivity contribution in [1.82, 2.24) is 4.90 Å². The molecule has 5 nitrogen and oxygen atoms in total. The van der Waals surface area contributed by atoms with Gasteiger partial charge >= 0.3 is 5.97 Å². The lowest BCUT2D eigenvalue weighted by Crippen LogP contribution is -2.16. The van der Waals surface area contributed by atoms with Gasteiger partial charge in [0.05, 0.1) is 7.11 Å². The van der Waals surface area contributed by atoms with Crippen molar-refractivity contribution in [2.45, 2.75) is 0 Å². The monoisotopic (exact) mass is 249 g/mol. The Balaban J connectivity index is 3.06. The van der Waals surface area contributed by atoms with Crippen molar-refractivity contribution in [3.8, 4) is 5.75 Å². The molecule has 18 heavy (non-hydrogen) atoms. The van der Waals surface area contributed by atoms with Gasteiger partial charge in [-0.05, 0) is 24.3 Å². The Hall–Kier alpha value is -2.30. The van der Waals surface area contributed by atoms with Gasteiger partial charge < -0.3 is 14.7 Å². The Morgan fingerprint density at radius 3 is 2.17 bits per heavy atom. The summed E-state index contributed by atoms with van der Waals surface area (Å²) in [5.41, 5.74) is 0.0384. The zero-order valence-corrected chi connectivity index (χ0v) is 10.5. The van der Waals surface area contributed by atoms with Crippen LogP contribution in [0.2, 0.25) is 0 Å². The van der Waals surface area contributed by atoms with Crippen molar-refractivity contribution in [2.75, 3.05) is 21.2 Å². The van der Waals surface area contributed by atoms with Crippen LogP contribution in [0, 0.1) is 0 Å². The van der Waals surface area contributed by atoms with Crippen molar-refractivity contribution >= 4 is 11.8 Å². The van der Waals surface area contributed by atoms with E-state index in [2.05, 4.69) is 0 Å². The number of aliphatic carboxylic acids is 1. The molecule has 0 saturated carbocycles. The summed E-state index contributed by atoms with van der Waals surface area (Å²) >= 11 is 0. The summed E-state index contributed by atoms with van der Waals surface area (Å²) in [5.74, 6) is -1.16. The second-order valence-corrected chi connectivity index (χ2v) is 3.87. The van der Waals surface area contributed by atoms with E-state index in [4.69, 9.17) is 9.84 Å². The lowest BCUT2D eigenvalue weighted by atomic mass is 10.0. The molecule has 0 aliphatic carbocycles. The van der Waals surface area contributed by atoms with Crippen LogP contribution in [0.1, 0.15) is 10.4 Å². The Bertz CT molecular complexity index is 474. The fourth-order valence-electron chi connectivity index (χ4n) is 1.37. The van der Waals surface area contributed by atoms with E-state index in [9.17, 15) is 9.59 Å². The van der Waals surface area contributed by atoms with E-state index in [1.54, 1.807) is 26.2 Å². The first kappa shape index (κ1) is 13.8. The maximum absolute atomic E-state index is 12.0. The molecule has 0 atom stereocenters. The van der Waals surface area contributed by atoms with Crippen molar-refractivity contribution < 1.29 is 19.4 Å². The predicted octanol–water partition coefficient (Wildman–Crippen LogP) is 1.41. The van der Waals surface area contributed by atoms with Gasteiger partial charge in [-0.15, -0.1) is 0 Å². The van der Waals surface area contributed by atoms with Crippen LogP contribution in [-0.4, -0.2) is 43.0 Å². The molecule has 0 spiro atoms. The zero-order valence-electron chi connectivity index (χ0n) is 10.5. The average Bonchev–Trinajstić information content (AvgIpc) is 2.34. The minimum atomic E-state index is -1.25. The predicted molar refractivity (Wildman–Crippen MR) is 66.7 cm³/mol. The molecule has 0 aliphatic rings. The number of hydrogen-bond acceptors (Lipinski definition) is 4. The van der Waals surface area contributed by atoms with Crippen molar-refractivity contribution in [2.24, 2.45) is 0 Å². The molecule has 0 aliphatic heterocycles. The van der Waals surface area contributed by atoms with Crippen LogP contribution < -0.4 is 4.74 Å². The normalized spacial score (nSPS) is 10.9. The summed E-state index contributed by atoms with van der Waals surface area (Å²) in [6, 6.07) is 6.30. The van der Waals surface area contributed by atoms with E-state index in [1.807, 2.05) is 0 Å². The summed E-state index contributed by atoms with van der Waals surface area (Å²) in [6.45, 7) is 0. The third-order valence-electron chi connectivity index (χ3n) is 2.21. The highest BCUT2D eigenvalue weighted by Crippen LogP contribution is 2.15. The smallest absolute Gasteiger partial charge is 0.341 e. The molecule has 5 heteroatoms. The first-order valence-electron chi connectivity index (χ1n) is 5.26. The molecule has 0 bridgehead atoms. The van der Waals surface area contributed by atoms with Crippen LogP contribution >= 0.6 is 0 Å². The second-order valence-electron chi connectivity index (χ2n) is 3.87. The van der Waals surface area contributed by atoms with E-state index in [1.165, 1.54) is 30.3 Å². The number of carbonyl (C=O) groups excluding carboxylic acids is 1. The van der Waals surface area contributed by atoms with Gasteiger partial charge in [-0.25, -0.2) is 4.79 Å². The van der Waals surface area contributed by atoms with Gasteiger partial charge in [0, 0.05) is 25.9 Å². The van der Waals surface area contributed by atoms with Crippen LogP contribution in [0.3, 0.4) is 0 Å². The molecule has 0 heterocycles. The average molecular weight is 249 g/mol. The molecule has 1 rings (SSSR count). The van der Waals surface area contributed by atoms with Gasteiger partial charge in [0.25, 0.3) is 0 Å². The molecule has 0 radical (unpaired) electrons. The van der Waals surface area contributed by atoms with Crippen LogP contribution in [0.25, 0.3) is 0 Å². The number of Topliss-reactive ketones (excluding diaryl/α,β-unsaturated/α-hetero) is 1. The summed E-state index contributed by atoms with van der Waals surface area (Å²) in [4.78, 5) is 24.6. The fourth-order valence-corrected chi connectivity index (χ4v) is 1.37. The molecular formula is C13H15NO4. The number of ether oxygens (including phenoxy) is 1. The third kappa shape index (κ3) is 3.35. The third-order valence-corrected chi connectivity index (χ3v) is 2.21. The van der Waals surface area contributed by atoms with Crippen molar-refractivity contribution in [1.29, 1.82) is 0 Å². The van der Waals surface area contributed by atoms with E-state index in [-0.39, 0.29) is 5.57 Å². The standard InChI is InChI=1S/C13H15NO4/c1-14(2)8-11(13(16)17)12(15)9-4-6-10(18-3)7-5-9/h4-8H,1-3H3,(H,16,17)/b11-8-. The molecular weight excluding hydrogens is 234 g/mol. The maximum atomic E-state index is 12.0. The topological polar surface area (TPSA) is 66.8 Å². The quantitative estimate of drug-likeness (QED) is 0.370. The Labute approximate surface area is 105 Å². The SMILES string of the molecule is COc1ccc(C(=O)/C(=C/N(C)C)C(=O)O)cc1. The minimum Gasteiger partial charge on any atom is -0.497 e. The van der Waals surface area contributed by atoms with Crippen LogP contribution in [0.5, 0.6) is 5.75 Å². The van der Waals surface area contributed by atoms with E-state index in [0.717, 1.165) is 0 Å². The number of benzene rings is 1. The largest absolute Gasteiger partial charge is 0.497 e. The number of carboxylic acid groups (broad SMARTS) is 1. The minimum absolute atomic E-state index is 0.273. The van der Waals surface area contributed by atoms with Gasteiger partial charge in [0.2, 0.25) is 5.78 Å². The summed E-state index contributed by atoms with van der Waals surface area (Å²) in [6.07, 6.45) is 1.29. The number of nitrogens with zero attached hydrogens (tertiary/aromatic N) is 1. The van der Waals surface area contributed by atoms with E-state index < -0.39 is 11.8 Å². The van der Waals surface area contributed by atoms with Crippen LogP contribution in [0.4, 0.5) is 0 Å². The summed E-state index contributed by atoms with van der Waals surface area (Å²) in [5, 5.41) is 9.01. The van der Waals surface area contributed by atoms with Crippen molar-refractivity contribution in [3.05, 3.63) is 41.6 Å². The number of carboxylic acids is 1. The first-order valence-corrected chi connectivity index (χ1v) is 5.26. The molecule has 0 saturated heterocycles.